The van der Waals surface area contributed by atoms with E-state index in [4.69, 9.17) is 0 Å². The summed E-state index contributed by atoms with van der Waals surface area (Å²) in [7, 11) is 1.47. The van der Waals surface area contributed by atoms with Crippen LogP contribution in [0.5, 0.6) is 0 Å². The summed E-state index contributed by atoms with van der Waals surface area (Å²) in [6.45, 7) is 0. The fraction of sp³-hybridized carbons (Fsp3) is 0.467. The van der Waals surface area contributed by atoms with Crippen LogP contribution >= 0.6 is 0 Å². The van der Waals surface area contributed by atoms with Gasteiger partial charge in [0.25, 0.3) is 5.91 Å². The molecule has 2 heterocycles. The van der Waals surface area contributed by atoms with Crippen LogP contribution in [-0.2, 0) is 22.4 Å². The zero-order valence-corrected chi connectivity index (χ0v) is 11.8. The van der Waals surface area contributed by atoms with Crippen molar-refractivity contribution in [1.29, 1.82) is 5.26 Å². The fourth-order valence-electron chi connectivity index (χ4n) is 2.86. The second kappa shape index (κ2) is 5.17. The molecule has 1 aliphatic heterocycles. The molecule has 1 fully saturated rings. The van der Waals surface area contributed by atoms with Gasteiger partial charge in [-0.1, -0.05) is 0 Å². The number of pyridine rings is 1. The van der Waals surface area contributed by atoms with Crippen molar-refractivity contribution in [2.24, 2.45) is 0 Å². The molecule has 6 nitrogen and oxygen atoms in total. The van der Waals surface area contributed by atoms with Crippen molar-refractivity contribution in [3.8, 4) is 6.07 Å². The summed E-state index contributed by atoms with van der Waals surface area (Å²) in [5.41, 5.74) is 2.55. The van der Waals surface area contributed by atoms with Gasteiger partial charge in [0.1, 0.15) is 17.9 Å². The van der Waals surface area contributed by atoms with E-state index in [0.29, 0.717) is 11.4 Å². The normalized spacial score (nSPS) is 21.1. The number of likely N-dealkylation sites (tertiary alicyclic amines) is 1. The molecule has 2 aliphatic rings. The average Bonchev–Trinajstić information content (AvgIpc) is 2.74. The van der Waals surface area contributed by atoms with E-state index in [2.05, 4.69) is 16.4 Å². The molecule has 0 radical (unpaired) electrons. The number of nitriles is 1. The second-order valence-electron chi connectivity index (χ2n) is 5.50. The van der Waals surface area contributed by atoms with Crippen LogP contribution in [-0.4, -0.2) is 34.8 Å². The van der Waals surface area contributed by atoms with Gasteiger partial charge in [0, 0.05) is 12.7 Å². The molecule has 1 N–H and O–H groups in total. The average molecular weight is 284 g/mol. The largest absolute Gasteiger partial charge is 0.357 e. The Hall–Kier alpha value is -2.42. The molecular formula is C15H16N4O2. The number of amides is 2. The molecule has 2 amide bonds. The summed E-state index contributed by atoms with van der Waals surface area (Å²) in [5.74, 6) is -0.0722. The Balaban J connectivity index is 1.90. The minimum absolute atomic E-state index is 0.110. The number of nitrogens with zero attached hydrogens (tertiary/aromatic N) is 3. The molecule has 1 atom stereocenters. The lowest BCUT2D eigenvalue weighted by Crippen LogP contribution is -2.32. The number of nitrogens with one attached hydrogen (secondary N) is 1. The molecule has 1 aromatic rings. The molecule has 108 valence electrons. The number of aromatic nitrogens is 1. The summed E-state index contributed by atoms with van der Waals surface area (Å²) >= 11 is 0. The lowest BCUT2D eigenvalue weighted by molar-refractivity contribution is -0.136. The van der Waals surface area contributed by atoms with E-state index < -0.39 is 6.04 Å². The van der Waals surface area contributed by atoms with Gasteiger partial charge in [-0.2, -0.15) is 5.26 Å². The molecule has 0 spiro atoms. The monoisotopic (exact) mass is 284 g/mol. The minimum Gasteiger partial charge on any atom is -0.357 e. The second-order valence-corrected chi connectivity index (χ2v) is 5.50. The Morgan fingerprint density at radius 1 is 1.38 bits per heavy atom. The van der Waals surface area contributed by atoms with Gasteiger partial charge in [0.05, 0.1) is 12.0 Å². The van der Waals surface area contributed by atoms with Crippen molar-refractivity contribution in [1.82, 2.24) is 9.88 Å². The van der Waals surface area contributed by atoms with Crippen molar-refractivity contribution in [3.63, 3.8) is 0 Å². The van der Waals surface area contributed by atoms with Crippen molar-refractivity contribution >= 4 is 17.6 Å². The Morgan fingerprint density at radius 2 is 2.14 bits per heavy atom. The van der Waals surface area contributed by atoms with Crippen molar-refractivity contribution in [3.05, 3.63) is 22.9 Å². The zero-order chi connectivity index (χ0) is 15.0. The Labute approximate surface area is 122 Å². The SMILES string of the molecule is CN1C(=O)CC(Nc2nc3c(cc2C#N)CCCC3)C1=O. The third kappa shape index (κ3) is 2.35. The number of hydrogen-bond acceptors (Lipinski definition) is 5. The molecule has 0 aromatic carbocycles. The van der Waals surface area contributed by atoms with Crippen LogP contribution in [0.2, 0.25) is 0 Å². The Bertz CT molecular complexity index is 662. The summed E-state index contributed by atoms with van der Waals surface area (Å²) in [5, 5.41) is 12.2. The standard InChI is InChI=1S/C15H16N4O2/c1-19-13(20)7-12(15(19)21)18-14-10(8-16)6-9-4-2-3-5-11(9)17-14/h6,12H,2-5,7H2,1H3,(H,17,18). The highest BCUT2D eigenvalue weighted by atomic mass is 16.2. The number of carbonyl (C=O) groups is 2. The first-order valence-electron chi connectivity index (χ1n) is 7.10. The van der Waals surface area contributed by atoms with Crippen molar-refractivity contribution in [2.75, 3.05) is 12.4 Å². The summed E-state index contributed by atoms with van der Waals surface area (Å²) in [6, 6.07) is 3.36. The molecule has 0 saturated carbocycles. The number of imide groups is 1. The number of aryl methyl sites for hydroxylation is 2. The van der Waals surface area contributed by atoms with Crippen molar-refractivity contribution < 1.29 is 9.59 Å². The quantitative estimate of drug-likeness (QED) is 0.819. The van der Waals surface area contributed by atoms with Gasteiger partial charge < -0.3 is 5.32 Å². The molecule has 0 bridgehead atoms. The van der Waals surface area contributed by atoms with Crippen molar-refractivity contribution in [2.45, 2.75) is 38.1 Å². The fourth-order valence-corrected chi connectivity index (χ4v) is 2.86. The predicted molar refractivity (Wildman–Crippen MR) is 75.4 cm³/mol. The van der Waals surface area contributed by atoms with Crippen LogP contribution in [0.4, 0.5) is 5.82 Å². The van der Waals surface area contributed by atoms with Gasteiger partial charge in [0.15, 0.2) is 0 Å². The molecule has 1 aromatic heterocycles. The highest BCUT2D eigenvalue weighted by Crippen LogP contribution is 2.26. The Kier molecular flexibility index (Phi) is 3.34. The predicted octanol–water partition coefficient (Wildman–Crippen LogP) is 1.00. The molecule has 3 rings (SSSR count). The Morgan fingerprint density at radius 3 is 2.81 bits per heavy atom. The van der Waals surface area contributed by atoms with Crippen LogP contribution in [0.1, 0.15) is 36.1 Å². The summed E-state index contributed by atoms with van der Waals surface area (Å²) < 4.78 is 0. The molecule has 21 heavy (non-hydrogen) atoms. The smallest absolute Gasteiger partial charge is 0.251 e. The van der Waals surface area contributed by atoms with Gasteiger partial charge >= 0.3 is 0 Å². The maximum absolute atomic E-state index is 11.9. The number of carbonyl (C=O) groups excluding carboxylic acids is 2. The van der Waals surface area contributed by atoms with E-state index in [0.717, 1.165) is 41.8 Å². The van der Waals surface area contributed by atoms with Crippen LogP contribution < -0.4 is 5.32 Å². The molecule has 1 saturated heterocycles. The van der Waals surface area contributed by atoms with Crippen LogP contribution in [0, 0.1) is 11.3 Å². The minimum atomic E-state index is -0.622. The van der Waals surface area contributed by atoms with E-state index in [-0.39, 0.29) is 18.2 Å². The van der Waals surface area contributed by atoms with Crippen LogP contribution in [0.25, 0.3) is 0 Å². The van der Waals surface area contributed by atoms with E-state index >= 15 is 0 Å². The topological polar surface area (TPSA) is 86.1 Å². The van der Waals surface area contributed by atoms with E-state index in [1.807, 2.05) is 6.07 Å². The third-order valence-electron chi connectivity index (χ3n) is 4.11. The number of likely N-dealkylation sites (N-methyl/N-ethyl adjacent to an activating group) is 1. The number of fused-ring (bicyclic) bond motifs is 1. The zero-order valence-electron chi connectivity index (χ0n) is 11.8. The highest BCUT2D eigenvalue weighted by Gasteiger charge is 2.36. The van der Waals surface area contributed by atoms with Gasteiger partial charge in [-0.15, -0.1) is 0 Å². The van der Waals surface area contributed by atoms with E-state index in [9.17, 15) is 14.9 Å². The van der Waals surface area contributed by atoms with Gasteiger partial charge in [-0.05, 0) is 37.3 Å². The highest BCUT2D eigenvalue weighted by molar-refractivity contribution is 6.06. The van der Waals surface area contributed by atoms with E-state index in [1.165, 1.54) is 7.05 Å². The van der Waals surface area contributed by atoms with Gasteiger partial charge in [-0.25, -0.2) is 4.98 Å². The first-order valence-corrected chi connectivity index (χ1v) is 7.10. The summed E-state index contributed by atoms with van der Waals surface area (Å²) in [6.07, 6.45) is 4.16. The molecule has 1 aliphatic carbocycles. The summed E-state index contributed by atoms with van der Waals surface area (Å²) in [4.78, 5) is 29.1. The number of hydrogen-bond donors (Lipinski definition) is 1. The lowest BCUT2D eigenvalue weighted by Gasteiger charge is -2.18. The van der Waals surface area contributed by atoms with Gasteiger partial charge in [-0.3, -0.25) is 14.5 Å². The van der Waals surface area contributed by atoms with Gasteiger partial charge in [0.2, 0.25) is 5.91 Å². The first kappa shape index (κ1) is 13.6. The number of anilines is 1. The lowest BCUT2D eigenvalue weighted by atomic mass is 9.95. The van der Waals surface area contributed by atoms with Crippen LogP contribution in [0.15, 0.2) is 6.07 Å². The first-order chi connectivity index (χ1) is 10.1. The molecular weight excluding hydrogens is 268 g/mol. The van der Waals surface area contributed by atoms with Crippen LogP contribution in [0.3, 0.4) is 0 Å². The molecule has 6 heteroatoms. The van der Waals surface area contributed by atoms with E-state index in [1.54, 1.807) is 0 Å². The maximum Gasteiger partial charge on any atom is 0.251 e. The third-order valence-corrected chi connectivity index (χ3v) is 4.11. The maximum atomic E-state index is 11.9. The molecule has 1 unspecified atom stereocenters. The number of rotatable bonds is 2.